The van der Waals surface area contributed by atoms with Crippen LogP contribution in [0.15, 0.2) is 29.1 Å². The maximum absolute atomic E-state index is 12.3. The van der Waals surface area contributed by atoms with Crippen molar-refractivity contribution in [3.63, 3.8) is 0 Å². The van der Waals surface area contributed by atoms with Crippen LogP contribution in [0, 0.1) is 6.92 Å². The molecule has 1 aliphatic rings. The second-order valence-corrected chi connectivity index (χ2v) is 7.54. The fraction of sp³-hybridized carbons (Fsp3) is 0.474. The minimum Gasteiger partial charge on any atom is -0.310 e. The average Bonchev–Trinajstić information content (AvgIpc) is 2.46. The summed E-state index contributed by atoms with van der Waals surface area (Å²) in [6.07, 6.45) is 0.772. The van der Waals surface area contributed by atoms with Crippen molar-refractivity contribution < 1.29 is 0 Å². The van der Waals surface area contributed by atoms with Crippen LogP contribution in [0.4, 0.5) is 0 Å². The Morgan fingerprint density at radius 1 is 1.30 bits per heavy atom. The molecule has 0 saturated carbocycles. The van der Waals surface area contributed by atoms with E-state index in [0.717, 1.165) is 43.1 Å². The summed E-state index contributed by atoms with van der Waals surface area (Å²) in [7, 11) is 0. The van der Waals surface area contributed by atoms with Crippen molar-refractivity contribution in [2.24, 2.45) is 0 Å². The van der Waals surface area contributed by atoms with Crippen molar-refractivity contribution in [1.82, 2.24) is 14.9 Å². The summed E-state index contributed by atoms with van der Waals surface area (Å²) < 4.78 is 0. The Morgan fingerprint density at radius 3 is 2.78 bits per heavy atom. The number of aromatic amines is 1. The van der Waals surface area contributed by atoms with Crippen molar-refractivity contribution in [2.75, 3.05) is 6.54 Å². The Morgan fingerprint density at radius 2 is 2.09 bits per heavy atom. The second-order valence-electron chi connectivity index (χ2n) is 7.54. The molecule has 0 fully saturated rings. The number of fused-ring (bicyclic) bond motifs is 1. The predicted octanol–water partition coefficient (Wildman–Crippen LogP) is 2.93. The summed E-state index contributed by atoms with van der Waals surface area (Å²) in [5, 5.41) is 0. The van der Waals surface area contributed by atoms with Gasteiger partial charge in [0.05, 0.1) is 5.69 Å². The molecule has 0 bridgehead atoms. The number of aryl methyl sites for hydroxylation is 1. The summed E-state index contributed by atoms with van der Waals surface area (Å²) in [4.78, 5) is 22.4. The van der Waals surface area contributed by atoms with Gasteiger partial charge in [0, 0.05) is 30.6 Å². The molecule has 0 amide bonds. The molecular formula is C19H25N3O. The molecule has 0 spiro atoms. The first-order valence-electron chi connectivity index (χ1n) is 8.23. The minimum absolute atomic E-state index is 0.0372. The average molecular weight is 311 g/mol. The first kappa shape index (κ1) is 15.9. The van der Waals surface area contributed by atoms with E-state index in [4.69, 9.17) is 4.98 Å². The van der Waals surface area contributed by atoms with Gasteiger partial charge in [0.25, 0.3) is 5.56 Å². The summed E-state index contributed by atoms with van der Waals surface area (Å²) in [5.74, 6) is 0.777. The first-order chi connectivity index (χ1) is 10.8. The summed E-state index contributed by atoms with van der Waals surface area (Å²) in [6.45, 7) is 10.9. The number of hydrogen-bond donors (Lipinski definition) is 1. The van der Waals surface area contributed by atoms with Crippen LogP contribution in [0.1, 0.15) is 49.0 Å². The van der Waals surface area contributed by atoms with E-state index >= 15 is 0 Å². The Kier molecular flexibility index (Phi) is 4.11. The molecule has 4 nitrogen and oxygen atoms in total. The fourth-order valence-electron chi connectivity index (χ4n) is 3.05. The van der Waals surface area contributed by atoms with Gasteiger partial charge in [0.1, 0.15) is 5.82 Å². The van der Waals surface area contributed by atoms with Crippen molar-refractivity contribution in [1.29, 1.82) is 0 Å². The smallest absolute Gasteiger partial charge is 0.254 e. The van der Waals surface area contributed by atoms with Crippen molar-refractivity contribution in [2.45, 2.75) is 52.6 Å². The largest absolute Gasteiger partial charge is 0.310 e. The van der Waals surface area contributed by atoms with Crippen LogP contribution in [-0.4, -0.2) is 21.4 Å². The number of hydrogen-bond acceptors (Lipinski definition) is 3. The molecule has 3 rings (SSSR count). The van der Waals surface area contributed by atoms with Crippen LogP contribution < -0.4 is 5.56 Å². The van der Waals surface area contributed by atoms with Crippen molar-refractivity contribution >= 4 is 0 Å². The zero-order valence-corrected chi connectivity index (χ0v) is 14.4. The number of rotatable bonds is 2. The van der Waals surface area contributed by atoms with Crippen LogP contribution in [0.2, 0.25) is 0 Å². The molecule has 0 atom stereocenters. The van der Waals surface area contributed by atoms with Crippen LogP contribution in [0.5, 0.6) is 0 Å². The topological polar surface area (TPSA) is 49.0 Å². The summed E-state index contributed by atoms with van der Waals surface area (Å²) in [5.41, 5.74) is 4.29. The molecule has 2 aromatic rings. The van der Waals surface area contributed by atoms with E-state index in [2.05, 4.69) is 61.8 Å². The van der Waals surface area contributed by atoms with Crippen LogP contribution in [0.3, 0.4) is 0 Å². The number of aromatic nitrogens is 2. The number of nitrogens with one attached hydrogen (secondary N) is 1. The summed E-state index contributed by atoms with van der Waals surface area (Å²) >= 11 is 0. The van der Waals surface area contributed by atoms with Crippen LogP contribution in [0.25, 0.3) is 0 Å². The molecular weight excluding hydrogens is 286 g/mol. The molecule has 2 heterocycles. The van der Waals surface area contributed by atoms with Gasteiger partial charge < -0.3 is 4.98 Å². The standard InChI is InChI=1S/C19H25N3O/c1-13-6-5-7-14(10-13)11-22-9-8-15-16(12-22)20-18(19(2,3)4)21-17(15)23/h5-7,10H,8-9,11-12H2,1-4H3,(H,20,21,23). The molecule has 0 radical (unpaired) electrons. The highest BCUT2D eigenvalue weighted by molar-refractivity contribution is 5.25. The lowest BCUT2D eigenvalue weighted by Gasteiger charge is -2.29. The van der Waals surface area contributed by atoms with Gasteiger partial charge in [-0.3, -0.25) is 9.69 Å². The maximum atomic E-state index is 12.3. The Hall–Kier alpha value is -1.94. The lowest BCUT2D eigenvalue weighted by atomic mass is 9.95. The third kappa shape index (κ3) is 3.53. The molecule has 0 unspecified atom stereocenters. The molecule has 1 aromatic heterocycles. The SMILES string of the molecule is Cc1cccc(CN2CCc3c(nc(C(C)(C)C)[nH]c3=O)C2)c1. The zero-order chi connectivity index (χ0) is 16.6. The molecule has 4 heteroatoms. The van der Waals surface area contributed by atoms with Gasteiger partial charge in [-0.1, -0.05) is 50.6 Å². The number of nitrogens with zero attached hydrogens (tertiary/aromatic N) is 2. The molecule has 0 saturated heterocycles. The van der Waals surface area contributed by atoms with Gasteiger partial charge >= 0.3 is 0 Å². The van der Waals surface area contributed by atoms with E-state index in [9.17, 15) is 4.79 Å². The van der Waals surface area contributed by atoms with Crippen molar-refractivity contribution in [3.05, 3.63) is 62.8 Å². The van der Waals surface area contributed by atoms with Gasteiger partial charge in [-0.25, -0.2) is 4.98 Å². The van der Waals surface area contributed by atoms with Gasteiger partial charge in [-0.05, 0) is 18.9 Å². The normalized spacial score (nSPS) is 15.5. The van der Waals surface area contributed by atoms with E-state index in [1.807, 2.05) is 0 Å². The van der Waals surface area contributed by atoms with E-state index in [-0.39, 0.29) is 11.0 Å². The van der Waals surface area contributed by atoms with E-state index < -0.39 is 0 Å². The van der Waals surface area contributed by atoms with Crippen LogP contribution in [-0.2, 0) is 24.9 Å². The van der Waals surface area contributed by atoms with Gasteiger partial charge in [0.15, 0.2) is 0 Å². The molecule has 1 N–H and O–H groups in total. The number of benzene rings is 1. The number of H-pyrrole nitrogens is 1. The third-order valence-corrected chi connectivity index (χ3v) is 4.35. The highest BCUT2D eigenvalue weighted by Gasteiger charge is 2.24. The minimum atomic E-state index is -0.146. The van der Waals surface area contributed by atoms with E-state index in [0.29, 0.717) is 0 Å². The third-order valence-electron chi connectivity index (χ3n) is 4.35. The van der Waals surface area contributed by atoms with Gasteiger partial charge in [-0.15, -0.1) is 0 Å². The Labute approximate surface area is 137 Å². The molecule has 1 aromatic carbocycles. The van der Waals surface area contributed by atoms with Crippen LogP contribution >= 0.6 is 0 Å². The Balaban J connectivity index is 1.85. The van der Waals surface area contributed by atoms with Crippen molar-refractivity contribution in [3.8, 4) is 0 Å². The molecule has 122 valence electrons. The monoisotopic (exact) mass is 311 g/mol. The molecule has 0 aliphatic carbocycles. The summed E-state index contributed by atoms with van der Waals surface area (Å²) in [6, 6.07) is 8.60. The lowest BCUT2D eigenvalue weighted by molar-refractivity contribution is 0.239. The molecule has 1 aliphatic heterocycles. The highest BCUT2D eigenvalue weighted by atomic mass is 16.1. The van der Waals surface area contributed by atoms with E-state index in [1.54, 1.807) is 0 Å². The van der Waals surface area contributed by atoms with Gasteiger partial charge in [-0.2, -0.15) is 0 Å². The molecule has 23 heavy (non-hydrogen) atoms. The predicted molar refractivity (Wildman–Crippen MR) is 92.6 cm³/mol. The maximum Gasteiger partial charge on any atom is 0.254 e. The lowest BCUT2D eigenvalue weighted by Crippen LogP contribution is -2.36. The Bertz CT molecular complexity index is 771. The van der Waals surface area contributed by atoms with E-state index in [1.165, 1.54) is 11.1 Å². The first-order valence-corrected chi connectivity index (χ1v) is 8.23. The van der Waals surface area contributed by atoms with Gasteiger partial charge in [0.2, 0.25) is 0 Å². The highest BCUT2D eigenvalue weighted by Crippen LogP contribution is 2.21. The second kappa shape index (κ2) is 5.93. The fourth-order valence-corrected chi connectivity index (χ4v) is 3.05. The zero-order valence-electron chi connectivity index (χ0n) is 14.4. The quantitative estimate of drug-likeness (QED) is 0.927.